The van der Waals surface area contributed by atoms with Crippen LogP contribution in [0.4, 0.5) is 0 Å². The number of ether oxygens (including phenoxy) is 1. The van der Waals surface area contributed by atoms with E-state index in [0.29, 0.717) is 18.6 Å². The zero-order valence-corrected chi connectivity index (χ0v) is 17.1. The Hall–Kier alpha value is -2.26. The van der Waals surface area contributed by atoms with Gasteiger partial charge in [-0.25, -0.2) is 0 Å². The molecule has 1 rings (SSSR count). The summed E-state index contributed by atoms with van der Waals surface area (Å²) in [4.78, 5) is 25.3. The highest BCUT2D eigenvalue weighted by molar-refractivity contribution is 6.43. The minimum Gasteiger partial charge on any atom is -0.507 e. The molecule has 5 N–H and O–H groups in total. The average Bonchev–Trinajstić information content (AvgIpc) is 2.59. The molecular formula is C19H31BN2O6. The van der Waals surface area contributed by atoms with Crippen molar-refractivity contribution in [1.29, 1.82) is 0 Å². The van der Waals surface area contributed by atoms with Crippen molar-refractivity contribution < 1.29 is 29.5 Å². The number of carbonyl (C=O) groups is 2. The second-order valence-corrected chi connectivity index (χ2v) is 7.70. The standard InChI is InChI=1S/C19H31BN2O6/c1-11(2)8-15(19(25)22-17(20(26)27)9-12(3)4)21-18(24)14-10-13(28-5)6-7-16(14)23/h6-7,10-12,15,17,23,26-27H,8-9H2,1-5H3,(H,21,24)(H,22,25). The molecule has 9 heteroatoms. The SMILES string of the molecule is COc1ccc(O)c(C(=O)NC(CC(C)C)C(=O)NC(CC(C)C)B(O)O)c1. The molecule has 28 heavy (non-hydrogen) atoms. The molecule has 0 aliphatic carbocycles. The van der Waals surface area contributed by atoms with Crippen LogP contribution >= 0.6 is 0 Å². The van der Waals surface area contributed by atoms with Crippen LogP contribution in [0.15, 0.2) is 18.2 Å². The Labute approximate surface area is 166 Å². The van der Waals surface area contributed by atoms with Crippen LogP contribution < -0.4 is 15.4 Å². The maximum atomic E-state index is 12.7. The summed E-state index contributed by atoms with van der Waals surface area (Å²) in [5, 5.41) is 34.3. The van der Waals surface area contributed by atoms with Gasteiger partial charge in [-0.2, -0.15) is 0 Å². The van der Waals surface area contributed by atoms with E-state index in [-0.39, 0.29) is 23.1 Å². The Morgan fingerprint density at radius 3 is 2.18 bits per heavy atom. The van der Waals surface area contributed by atoms with Gasteiger partial charge in [0, 0.05) is 0 Å². The number of hydrogen-bond acceptors (Lipinski definition) is 6. The van der Waals surface area contributed by atoms with Crippen LogP contribution in [0.3, 0.4) is 0 Å². The second-order valence-electron chi connectivity index (χ2n) is 7.70. The highest BCUT2D eigenvalue weighted by Gasteiger charge is 2.30. The second kappa shape index (κ2) is 10.9. The smallest absolute Gasteiger partial charge is 0.475 e. The van der Waals surface area contributed by atoms with Crippen molar-refractivity contribution >= 4 is 18.9 Å². The predicted molar refractivity (Wildman–Crippen MR) is 107 cm³/mol. The molecule has 1 aromatic carbocycles. The van der Waals surface area contributed by atoms with Crippen LogP contribution in [0.2, 0.25) is 0 Å². The van der Waals surface area contributed by atoms with Gasteiger partial charge in [-0.1, -0.05) is 27.7 Å². The van der Waals surface area contributed by atoms with Gasteiger partial charge in [0.15, 0.2) is 0 Å². The summed E-state index contributed by atoms with van der Waals surface area (Å²) in [6.07, 6.45) is 0.723. The molecule has 0 fully saturated rings. The van der Waals surface area contributed by atoms with Gasteiger partial charge in [-0.05, 0) is 42.9 Å². The zero-order chi connectivity index (χ0) is 21.4. The summed E-state index contributed by atoms with van der Waals surface area (Å²) in [6, 6.07) is 3.34. The van der Waals surface area contributed by atoms with Crippen molar-refractivity contribution in [2.24, 2.45) is 11.8 Å². The molecule has 0 saturated carbocycles. The molecule has 0 spiro atoms. The number of amides is 2. The number of carbonyl (C=O) groups excluding carboxylic acids is 2. The largest absolute Gasteiger partial charge is 0.507 e. The number of phenolic OH excluding ortho intramolecular Hbond substituents is 1. The lowest BCUT2D eigenvalue weighted by Crippen LogP contribution is -2.54. The zero-order valence-electron chi connectivity index (χ0n) is 17.1. The highest BCUT2D eigenvalue weighted by atomic mass is 16.5. The fourth-order valence-electron chi connectivity index (χ4n) is 2.81. The molecule has 8 nitrogen and oxygen atoms in total. The quantitative estimate of drug-likeness (QED) is 0.378. The highest BCUT2D eigenvalue weighted by Crippen LogP contribution is 2.23. The van der Waals surface area contributed by atoms with E-state index < -0.39 is 30.9 Å². The van der Waals surface area contributed by atoms with Crippen LogP contribution in [0.1, 0.15) is 50.9 Å². The van der Waals surface area contributed by atoms with Crippen LogP contribution in [0.5, 0.6) is 11.5 Å². The molecule has 0 heterocycles. The molecule has 0 saturated heterocycles. The first-order valence-corrected chi connectivity index (χ1v) is 9.39. The number of benzene rings is 1. The lowest BCUT2D eigenvalue weighted by molar-refractivity contribution is -0.123. The van der Waals surface area contributed by atoms with E-state index in [1.54, 1.807) is 0 Å². The van der Waals surface area contributed by atoms with Crippen molar-refractivity contribution in [2.45, 2.75) is 52.5 Å². The maximum Gasteiger partial charge on any atom is 0.475 e. The maximum absolute atomic E-state index is 12.7. The molecule has 1 aromatic rings. The summed E-state index contributed by atoms with van der Waals surface area (Å²) in [5.74, 6) is -1.58. The Kier molecular flexibility index (Phi) is 9.28. The van der Waals surface area contributed by atoms with Crippen LogP contribution in [-0.2, 0) is 4.79 Å². The molecule has 0 radical (unpaired) electrons. The third-order valence-corrected chi connectivity index (χ3v) is 4.19. The Bertz CT molecular complexity index is 666. The van der Waals surface area contributed by atoms with Gasteiger partial charge in [-0.3, -0.25) is 9.59 Å². The summed E-state index contributed by atoms with van der Waals surface area (Å²) in [7, 11) is -0.262. The number of methoxy groups -OCH3 is 1. The van der Waals surface area contributed by atoms with Gasteiger partial charge < -0.3 is 30.5 Å². The van der Waals surface area contributed by atoms with Crippen molar-refractivity contribution in [1.82, 2.24) is 10.6 Å². The number of phenols is 1. The van der Waals surface area contributed by atoms with Crippen molar-refractivity contribution in [3.63, 3.8) is 0 Å². The van der Waals surface area contributed by atoms with E-state index >= 15 is 0 Å². The Morgan fingerprint density at radius 2 is 1.68 bits per heavy atom. The Morgan fingerprint density at radius 1 is 1.07 bits per heavy atom. The summed E-state index contributed by atoms with van der Waals surface area (Å²) in [5.41, 5.74) is -0.0122. The lowest BCUT2D eigenvalue weighted by atomic mass is 9.75. The third-order valence-electron chi connectivity index (χ3n) is 4.19. The van der Waals surface area contributed by atoms with E-state index in [1.165, 1.54) is 25.3 Å². The predicted octanol–water partition coefficient (Wildman–Crippen LogP) is 1.09. The molecule has 156 valence electrons. The normalized spacial score (nSPS) is 13.2. The fourth-order valence-corrected chi connectivity index (χ4v) is 2.81. The molecule has 0 aliphatic heterocycles. The van der Waals surface area contributed by atoms with E-state index in [9.17, 15) is 24.7 Å². The minimum absolute atomic E-state index is 0.0122. The van der Waals surface area contributed by atoms with Crippen LogP contribution in [0.25, 0.3) is 0 Å². The molecule has 0 aliphatic rings. The fraction of sp³-hybridized carbons (Fsp3) is 0.579. The van der Waals surface area contributed by atoms with E-state index in [0.717, 1.165) is 0 Å². The first-order valence-electron chi connectivity index (χ1n) is 9.39. The van der Waals surface area contributed by atoms with Gasteiger partial charge in [0.2, 0.25) is 5.91 Å². The first-order chi connectivity index (χ1) is 13.0. The molecule has 0 aromatic heterocycles. The van der Waals surface area contributed by atoms with Gasteiger partial charge in [-0.15, -0.1) is 0 Å². The topological polar surface area (TPSA) is 128 Å². The summed E-state index contributed by atoms with van der Waals surface area (Å²) >= 11 is 0. The molecular weight excluding hydrogens is 363 g/mol. The van der Waals surface area contributed by atoms with Crippen molar-refractivity contribution in [3.8, 4) is 11.5 Å². The number of hydrogen-bond donors (Lipinski definition) is 5. The molecule has 2 unspecified atom stereocenters. The molecule has 0 bridgehead atoms. The monoisotopic (exact) mass is 394 g/mol. The van der Waals surface area contributed by atoms with Gasteiger partial charge in [0.1, 0.15) is 17.5 Å². The van der Waals surface area contributed by atoms with Crippen LogP contribution in [-0.4, -0.2) is 53.2 Å². The van der Waals surface area contributed by atoms with Crippen molar-refractivity contribution in [3.05, 3.63) is 23.8 Å². The van der Waals surface area contributed by atoms with Crippen molar-refractivity contribution in [2.75, 3.05) is 7.11 Å². The summed E-state index contributed by atoms with van der Waals surface area (Å²) in [6.45, 7) is 7.62. The summed E-state index contributed by atoms with van der Waals surface area (Å²) < 4.78 is 5.07. The van der Waals surface area contributed by atoms with Gasteiger partial charge in [0.05, 0.1) is 18.6 Å². The number of nitrogens with one attached hydrogen (secondary N) is 2. The van der Waals surface area contributed by atoms with Crippen LogP contribution in [0, 0.1) is 11.8 Å². The minimum atomic E-state index is -1.70. The molecule has 2 atom stereocenters. The Balaban J connectivity index is 2.98. The van der Waals surface area contributed by atoms with Gasteiger partial charge >= 0.3 is 7.12 Å². The lowest BCUT2D eigenvalue weighted by Gasteiger charge is -2.25. The number of rotatable bonds is 10. The number of aromatic hydroxyl groups is 1. The molecule has 2 amide bonds. The van der Waals surface area contributed by atoms with Gasteiger partial charge in [0.25, 0.3) is 5.91 Å². The van der Waals surface area contributed by atoms with E-state index in [4.69, 9.17) is 4.74 Å². The average molecular weight is 394 g/mol. The third kappa shape index (κ3) is 7.40. The van der Waals surface area contributed by atoms with E-state index in [2.05, 4.69) is 10.6 Å². The first kappa shape index (κ1) is 23.8. The van der Waals surface area contributed by atoms with E-state index in [1.807, 2.05) is 27.7 Å².